The largest absolute Gasteiger partial charge is 0.301 e. The SMILES string of the molecule is Cc1nc2n(n1)CCC[C@@H]2N[C@@H](C)c1cnn(Cc2ccccc2)c1. The second-order valence-electron chi connectivity index (χ2n) is 6.78. The molecule has 0 spiro atoms. The Kier molecular flexibility index (Phi) is 4.36. The van der Waals surface area contributed by atoms with E-state index in [1.807, 2.05) is 28.6 Å². The minimum Gasteiger partial charge on any atom is -0.301 e. The van der Waals surface area contributed by atoms with Gasteiger partial charge in [-0.1, -0.05) is 30.3 Å². The molecule has 6 nitrogen and oxygen atoms in total. The van der Waals surface area contributed by atoms with Crippen molar-refractivity contribution in [2.45, 2.75) is 51.9 Å². The van der Waals surface area contributed by atoms with Crippen molar-refractivity contribution in [1.82, 2.24) is 29.9 Å². The van der Waals surface area contributed by atoms with Crippen molar-refractivity contribution in [3.8, 4) is 0 Å². The van der Waals surface area contributed by atoms with E-state index >= 15 is 0 Å². The third-order valence-electron chi connectivity index (χ3n) is 4.77. The fraction of sp³-hybridized carbons (Fsp3) is 0.421. The third kappa shape index (κ3) is 3.49. The van der Waals surface area contributed by atoms with Gasteiger partial charge < -0.3 is 5.32 Å². The van der Waals surface area contributed by atoms with Crippen LogP contribution in [0, 0.1) is 6.92 Å². The van der Waals surface area contributed by atoms with Crippen LogP contribution < -0.4 is 5.32 Å². The first-order valence-corrected chi connectivity index (χ1v) is 8.93. The molecule has 130 valence electrons. The molecule has 6 heteroatoms. The van der Waals surface area contributed by atoms with Crippen molar-refractivity contribution in [2.75, 3.05) is 0 Å². The van der Waals surface area contributed by atoms with Crippen molar-refractivity contribution in [3.05, 3.63) is 65.5 Å². The summed E-state index contributed by atoms with van der Waals surface area (Å²) in [5.41, 5.74) is 2.46. The molecule has 0 radical (unpaired) electrons. The highest BCUT2D eigenvalue weighted by Crippen LogP contribution is 2.26. The van der Waals surface area contributed by atoms with Gasteiger partial charge >= 0.3 is 0 Å². The lowest BCUT2D eigenvalue weighted by Crippen LogP contribution is -2.30. The molecule has 0 unspecified atom stereocenters. The number of hydrogen-bond donors (Lipinski definition) is 1. The van der Waals surface area contributed by atoms with Crippen LogP contribution in [0.3, 0.4) is 0 Å². The molecule has 3 aromatic rings. The highest BCUT2D eigenvalue weighted by molar-refractivity contribution is 5.17. The molecule has 0 bridgehead atoms. The maximum Gasteiger partial charge on any atom is 0.147 e. The molecule has 1 N–H and O–H groups in total. The molecule has 0 fully saturated rings. The molecule has 1 aromatic carbocycles. The number of fused-ring (bicyclic) bond motifs is 1. The summed E-state index contributed by atoms with van der Waals surface area (Å²) in [6, 6.07) is 10.9. The molecule has 1 aliphatic rings. The molecule has 0 amide bonds. The molecule has 0 aliphatic carbocycles. The normalized spacial score (nSPS) is 18.1. The van der Waals surface area contributed by atoms with Gasteiger partial charge in [0.2, 0.25) is 0 Å². The van der Waals surface area contributed by atoms with Gasteiger partial charge in [-0.05, 0) is 32.3 Å². The molecule has 2 aromatic heterocycles. The van der Waals surface area contributed by atoms with E-state index in [1.54, 1.807) is 0 Å². The quantitative estimate of drug-likeness (QED) is 0.778. The first-order chi connectivity index (χ1) is 12.2. The van der Waals surface area contributed by atoms with Gasteiger partial charge in [0.15, 0.2) is 0 Å². The minimum absolute atomic E-state index is 0.220. The van der Waals surface area contributed by atoms with Gasteiger partial charge in [-0.25, -0.2) is 9.67 Å². The van der Waals surface area contributed by atoms with E-state index in [4.69, 9.17) is 0 Å². The van der Waals surface area contributed by atoms with Crippen LogP contribution in [0.15, 0.2) is 42.7 Å². The standard InChI is InChI=1S/C19H24N6/c1-14(21-18-9-6-10-25-19(18)22-15(2)23-25)17-11-20-24(13-17)12-16-7-4-3-5-8-16/h3-5,7-8,11,13-14,18,21H,6,9-10,12H2,1-2H3/t14-,18-/m0/s1. The zero-order valence-electron chi connectivity index (χ0n) is 14.8. The lowest BCUT2D eigenvalue weighted by Gasteiger charge is -2.26. The van der Waals surface area contributed by atoms with E-state index in [1.165, 1.54) is 11.1 Å². The average Bonchev–Trinajstić information content (AvgIpc) is 3.22. The fourth-order valence-corrected chi connectivity index (χ4v) is 3.48. The van der Waals surface area contributed by atoms with Crippen molar-refractivity contribution in [1.29, 1.82) is 0 Å². The monoisotopic (exact) mass is 336 g/mol. The fourth-order valence-electron chi connectivity index (χ4n) is 3.48. The van der Waals surface area contributed by atoms with Gasteiger partial charge in [0.1, 0.15) is 11.6 Å². The highest BCUT2D eigenvalue weighted by atomic mass is 15.4. The molecular formula is C19H24N6. The Morgan fingerprint density at radius 2 is 2.12 bits per heavy atom. The lowest BCUT2D eigenvalue weighted by molar-refractivity contribution is 0.344. The van der Waals surface area contributed by atoms with Gasteiger partial charge in [-0.15, -0.1) is 0 Å². The second kappa shape index (κ2) is 6.80. The zero-order chi connectivity index (χ0) is 17.2. The van der Waals surface area contributed by atoms with Gasteiger partial charge in [-0.2, -0.15) is 10.2 Å². The van der Waals surface area contributed by atoms with Crippen molar-refractivity contribution >= 4 is 0 Å². The zero-order valence-corrected chi connectivity index (χ0v) is 14.8. The number of hydrogen-bond acceptors (Lipinski definition) is 4. The Morgan fingerprint density at radius 1 is 1.28 bits per heavy atom. The Hall–Kier alpha value is -2.47. The van der Waals surface area contributed by atoms with Crippen LogP contribution in [0.5, 0.6) is 0 Å². The lowest BCUT2D eigenvalue weighted by atomic mass is 10.0. The molecule has 3 heterocycles. The predicted molar refractivity (Wildman–Crippen MR) is 96.1 cm³/mol. The summed E-state index contributed by atoms with van der Waals surface area (Å²) in [6.07, 6.45) is 6.32. The smallest absolute Gasteiger partial charge is 0.147 e. The maximum absolute atomic E-state index is 4.61. The molecule has 0 saturated carbocycles. The molecular weight excluding hydrogens is 312 g/mol. The Labute approximate surface area is 147 Å². The molecule has 0 saturated heterocycles. The van der Waals surface area contributed by atoms with E-state index in [2.05, 4.69) is 57.9 Å². The van der Waals surface area contributed by atoms with E-state index in [0.29, 0.717) is 0 Å². The van der Waals surface area contributed by atoms with E-state index in [-0.39, 0.29) is 12.1 Å². The number of aromatic nitrogens is 5. The van der Waals surface area contributed by atoms with Crippen LogP contribution in [0.1, 0.15) is 54.6 Å². The molecule has 1 aliphatic heterocycles. The van der Waals surface area contributed by atoms with Gasteiger partial charge in [0.25, 0.3) is 0 Å². The van der Waals surface area contributed by atoms with Crippen molar-refractivity contribution in [2.24, 2.45) is 0 Å². The van der Waals surface area contributed by atoms with Crippen LogP contribution in [0.4, 0.5) is 0 Å². The first-order valence-electron chi connectivity index (χ1n) is 8.93. The number of benzene rings is 1. The van der Waals surface area contributed by atoms with Crippen LogP contribution in [0.25, 0.3) is 0 Å². The van der Waals surface area contributed by atoms with Crippen LogP contribution in [-0.2, 0) is 13.1 Å². The van der Waals surface area contributed by atoms with E-state index < -0.39 is 0 Å². The summed E-state index contributed by atoms with van der Waals surface area (Å²) in [4.78, 5) is 4.61. The van der Waals surface area contributed by atoms with Crippen molar-refractivity contribution in [3.63, 3.8) is 0 Å². The second-order valence-corrected chi connectivity index (χ2v) is 6.78. The highest BCUT2D eigenvalue weighted by Gasteiger charge is 2.25. The van der Waals surface area contributed by atoms with Crippen LogP contribution >= 0.6 is 0 Å². The summed E-state index contributed by atoms with van der Waals surface area (Å²) >= 11 is 0. The Morgan fingerprint density at radius 3 is 2.96 bits per heavy atom. The van der Waals surface area contributed by atoms with E-state index in [9.17, 15) is 0 Å². The predicted octanol–water partition coefficient (Wildman–Crippen LogP) is 3.02. The summed E-state index contributed by atoms with van der Waals surface area (Å²) in [5, 5.41) is 12.7. The summed E-state index contributed by atoms with van der Waals surface area (Å²) < 4.78 is 4.04. The number of nitrogens with one attached hydrogen (secondary N) is 1. The number of aryl methyl sites for hydroxylation is 2. The van der Waals surface area contributed by atoms with Gasteiger partial charge in [0, 0.05) is 24.3 Å². The Balaban J connectivity index is 1.44. The molecule has 4 rings (SSSR count). The van der Waals surface area contributed by atoms with Gasteiger partial charge in [0.05, 0.1) is 18.8 Å². The first kappa shape index (κ1) is 16.0. The molecule has 25 heavy (non-hydrogen) atoms. The summed E-state index contributed by atoms with van der Waals surface area (Å²) in [5.74, 6) is 1.92. The van der Waals surface area contributed by atoms with Crippen LogP contribution in [-0.4, -0.2) is 24.5 Å². The van der Waals surface area contributed by atoms with Gasteiger partial charge in [-0.3, -0.25) is 4.68 Å². The third-order valence-corrected chi connectivity index (χ3v) is 4.77. The van der Waals surface area contributed by atoms with E-state index in [0.717, 1.165) is 37.6 Å². The minimum atomic E-state index is 0.220. The molecule has 2 atom stereocenters. The topological polar surface area (TPSA) is 60.6 Å². The number of nitrogens with zero attached hydrogens (tertiary/aromatic N) is 5. The summed E-state index contributed by atoms with van der Waals surface area (Å²) in [7, 11) is 0. The maximum atomic E-state index is 4.61. The number of rotatable bonds is 5. The van der Waals surface area contributed by atoms with Crippen molar-refractivity contribution < 1.29 is 0 Å². The Bertz CT molecular complexity index is 835. The average molecular weight is 336 g/mol. The van der Waals surface area contributed by atoms with Crippen LogP contribution in [0.2, 0.25) is 0 Å². The summed E-state index contributed by atoms with van der Waals surface area (Å²) in [6.45, 7) is 5.91.